The molecule has 9 heavy (non-hydrogen) atoms. The first-order valence-electron chi connectivity index (χ1n) is 2.76. The molecule has 52 valence electrons. The summed E-state index contributed by atoms with van der Waals surface area (Å²) in [6.07, 6.45) is 3.18. The molecule has 0 bridgehead atoms. The molecule has 0 amide bonds. The van der Waals surface area contributed by atoms with Crippen LogP contribution in [0, 0.1) is 5.92 Å². The standard InChI is InChI=1S/C5H7IO2S/c6-9-8-5-1-4(2-5)3-7/h3-5H,1-2H2. The molecule has 0 spiro atoms. The Morgan fingerprint density at radius 3 is 2.78 bits per heavy atom. The number of hydrogen-bond donors (Lipinski definition) is 0. The van der Waals surface area contributed by atoms with Crippen LogP contribution in [0.1, 0.15) is 12.8 Å². The van der Waals surface area contributed by atoms with Crippen molar-refractivity contribution in [3.63, 3.8) is 0 Å². The summed E-state index contributed by atoms with van der Waals surface area (Å²) in [6.45, 7) is 0. The van der Waals surface area contributed by atoms with Crippen molar-refractivity contribution in [2.24, 2.45) is 5.92 Å². The molecule has 0 N–H and O–H groups in total. The second-order valence-electron chi connectivity index (χ2n) is 2.15. The topological polar surface area (TPSA) is 26.3 Å². The smallest absolute Gasteiger partial charge is 0.123 e. The molecule has 0 saturated heterocycles. The highest BCUT2D eigenvalue weighted by Crippen LogP contribution is 2.32. The summed E-state index contributed by atoms with van der Waals surface area (Å²) < 4.78 is 5.15. The van der Waals surface area contributed by atoms with Gasteiger partial charge in [0.05, 0.1) is 15.3 Å². The van der Waals surface area contributed by atoms with E-state index in [4.69, 9.17) is 4.18 Å². The van der Waals surface area contributed by atoms with Gasteiger partial charge in [0, 0.05) is 27.1 Å². The van der Waals surface area contributed by atoms with Crippen molar-refractivity contribution in [2.75, 3.05) is 0 Å². The molecular formula is C5H7IO2S. The normalized spacial score (nSPS) is 33.4. The van der Waals surface area contributed by atoms with E-state index < -0.39 is 0 Å². The van der Waals surface area contributed by atoms with Crippen LogP contribution in [0.4, 0.5) is 0 Å². The van der Waals surface area contributed by atoms with Gasteiger partial charge in [-0.2, -0.15) is 0 Å². The van der Waals surface area contributed by atoms with Crippen LogP contribution in [0.5, 0.6) is 0 Å². The van der Waals surface area contributed by atoms with Crippen molar-refractivity contribution < 1.29 is 8.98 Å². The van der Waals surface area contributed by atoms with Crippen molar-refractivity contribution in [3.8, 4) is 0 Å². The van der Waals surface area contributed by atoms with E-state index >= 15 is 0 Å². The fourth-order valence-corrected chi connectivity index (χ4v) is 1.99. The molecule has 4 heteroatoms. The molecule has 0 aromatic carbocycles. The number of hydrogen-bond acceptors (Lipinski definition) is 3. The lowest BCUT2D eigenvalue weighted by molar-refractivity contribution is -0.115. The van der Waals surface area contributed by atoms with Gasteiger partial charge in [-0.1, -0.05) is 0 Å². The highest BCUT2D eigenvalue weighted by Gasteiger charge is 2.29. The zero-order chi connectivity index (χ0) is 6.69. The van der Waals surface area contributed by atoms with Crippen LogP contribution in [0.3, 0.4) is 0 Å². The monoisotopic (exact) mass is 258 g/mol. The van der Waals surface area contributed by atoms with Gasteiger partial charge in [-0.25, -0.2) is 0 Å². The maximum absolute atomic E-state index is 10.1. The Labute approximate surface area is 70.5 Å². The van der Waals surface area contributed by atoms with Crippen LogP contribution >= 0.6 is 30.4 Å². The lowest BCUT2D eigenvalue weighted by Crippen LogP contribution is -2.30. The Morgan fingerprint density at radius 1 is 1.67 bits per heavy atom. The summed E-state index contributed by atoms with van der Waals surface area (Å²) in [4.78, 5) is 10.1. The van der Waals surface area contributed by atoms with E-state index in [1.165, 1.54) is 9.21 Å². The van der Waals surface area contributed by atoms with Gasteiger partial charge in [-0.15, -0.1) is 0 Å². The van der Waals surface area contributed by atoms with E-state index in [1.807, 2.05) is 0 Å². The number of rotatable bonds is 3. The molecule has 0 aromatic heterocycles. The minimum Gasteiger partial charge on any atom is -0.303 e. The first-order chi connectivity index (χ1) is 4.36. The Balaban J connectivity index is 2.04. The average Bonchev–Trinajstić information content (AvgIpc) is 1.77. The first-order valence-corrected chi connectivity index (χ1v) is 6.04. The van der Waals surface area contributed by atoms with Crippen LogP contribution in [0.25, 0.3) is 0 Å². The van der Waals surface area contributed by atoms with Crippen LogP contribution in [0.15, 0.2) is 0 Å². The third-order valence-electron chi connectivity index (χ3n) is 1.50. The van der Waals surface area contributed by atoms with Gasteiger partial charge >= 0.3 is 0 Å². The molecular weight excluding hydrogens is 251 g/mol. The molecule has 0 aromatic rings. The summed E-state index contributed by atoms with van der Waals surface area (Å²) in [5, 5.41) is 0. The lowest BCUT2D eigenvalue weighted by atomic mass is 9.84. The van der Waals surface area contributed by atoms with Gasteiger partial charge in [0.15, 0.2) is 0 Å². The second kappa shape index (κ2) is 3.78. The van der Waals surface area contributed by atoms with E-state index in [1.54, 1.807) is 0 Å². The summed E-state index contributed by atoms with van der Waals surface area (Å²) in [7, 11) is 1.35. The highest BCUT2D eigenvalue weighted by molar-refractivity contribution is 14.2. The number of halogens is 1. The van der Waals surface area contributed by atoms with Crippen LogP contribution < -0.4 is 0 Å². The van der Waals surface area contributed by atoms with Crippen LogP contribution in [-0.2, 0) is 8.98 Å². The number of aldehydes is 1. The van der Waals surface area contributed by atoms with Crippen molar-refractivity contribution in [1.82, 2.24) is 0 Å². The van der Waals surface area contributed by atoms with Gasteiger partial charge in [0.25, 0.3) is 0 Å². The van der Waals surface area contributed by atoms with Gasteiger partial charge < -0.3 is 8.98 Å². The van der Waals surface area contributed by atoms with E-state index in [0.29, 0.717) is 6.10 Å². The minimum atomic E-state index is 0.276. The SMILES string of the molecule is O=CC1CC(OSI)C1. The zero-order valence-corrected chi connectivity index (χ0v) is 7.72. The molecule has 1 rings (SSSR count). The summed E-state index contributed by atoms with van der Waals surface area (Å²) in [6, 6.07) is 0. The molecule has 0 radical (unpaired) electrons. The Morgan fingerprint density at radius 2 is 2.33 bits per heavy atom. The summed E-state index contributed by atoms with van der Waals surface area (Å²) in [5.41, 5.74) is 0. The quantitative estimate of drug-likeness (QED) is 0.440. The predicted octanol–water partition coefficient (Wildman–Crippen LogP) is 1.98. The maximum Gasteiger partial charge on any atom is 0.123 e. The molecule has 2 nitrogen and oxygen atoms in total. The fraction of sp³-hybridized carbons (Fsp3) is 0.800. The predicted molar refractivity (Wildman–Crippen MR) is 45.3 cm³/mol. The average molecular weight is 258 g/mol. The molecule has 0 aliphatic heterocycles. The highest BCUT2D eigenvalue weighted by atomic mass is 127. The van der Waals surface area contributed by atoms with Crippen molar-refractivity contribution >= 4 is 36.7 Å². The molecule has 0 unspecified atom stereocenters. The fourth-order valence-electron chi connectivity index (χ4n) is 0.847. The van der Waals surface area contributed by atoms with Crippen molar-refractivity contribution in [2.45, 2.75) is 18.9 Å². The zero-order valence-electron chi connectivity index (χ0n) is 4.75. The summed E-state index contributed by atoms with van der Waals surface area (Å²) >= 11 is 2.09. The molecule has 0 heterocycles. The Hall–Kier alpha value is 0.710. The van der Waals surface area contributed by atoms with E-state index in [0.717, 1.165) is 19.1 Å². The van der Waals surface area contributed by atoms with E-state index in [9.17, 15) is 4.79 Å². The molecule has 0 atom stereocenters. The van der Waals surface area contributed by atoms with Gasteiger partial charge in [0.2, 0.25) is 0 Å². The third kappa shape index (κ3) is 2.09. The van der Waals surface area contributed by atoms with Crippen molar-refractivity contribution in [3.05, 3.63) is 0 Å². The van der Waals surface area contributed by atoms with Gasteiger partial charge in [-0.05, 0) is 12.8 Å². The molecule has 1 aliphatic carbocycles. The second-order valence-corrected chi connectivity index (χ2v) is 3.55. The van der Waals surface area contributed by atoms with E-state index in [-0.39, 0.29) is 5.92 Å². The number of carbonyl (C=O) groups is 1. The largest absolute Gasteiger partial charge is 0.303 e. The third-order valence-corrected chi connectivity index (χ3v) is 2.46. The minimum absolute atomic E-state index is 0.276. The Bertz CT molecular complexity index is 103. The van der Waals surface area contributed by atoms with Gasteiger partial charge in [-0.3, -0.25) is 0 Å². The van der Waals surface area contributed by atoms with Gasteiger partial charge in [0.1, 0.15) is 6.29 Å². The van der Waals surface area contributed by atoms with E-state index in [2.05, 4.69) is 21.2 Å². The first kappa shape index (κ1) is 7.81. The molecule has 1 saturated carbocycles. The molecule has 1 aliphatic rings. The van der Waals surface area contributed by atoms with Crippen molar-refractivity contribution in [1.29, 1.82) is 0 Å². The summed E-state index contributed by atoms with van der Waals surface area (Å²) in [5.74, 6) is 0.276. The maximum atomic E-state index is 10.1. The van der Waals surface area contributed by atoms with Crippen LogP contribution in [-0.4, -0.2) is 12.4 Å². The molecule has 1 fully saturated rings. The lowest BCUT2D eigenvalue weighted by Gasteiger charge is -2.29. The van der Waals surface area contributed by atoms with Crippen LogP contribution in [0.2, 0.25) is 0 Å². The number of carbonyl (C=O) groups excluding carboxylic acids is 1. The Kier molecular flexibility index (Phi) is 3.28.